The minimum Gasteiger partial charge on any atom is -0.367 e. The van der Waals surface area contributed by atoms with E-state index in [0.29, 0.717) is 6.04 Å². The Morgan fingerprint density at radius 1 is 1.17 bits per heavy atom. The Morgan fingerprint density at radius 2 is 1.91 bits per heavy atom. The number of piperidine rings is 1. The van der Waals surface area contributed by atoms with Gasteiger partial charge < -0.3 is 15.5 Å². The van der Waals surface area contributed by atoms with Gasteiger partial charge in [-0.1, -0.05) is 6.07 Å². The molecule has 0 atom stereocenters. The first kappa shape index (κ1) is 15.3. The van der Waals surface area contributed by atoms with Crippen molar-refractivity contribution in [1.82, 2.24) is 14.9 Å². The van der Waals surface area contributed by atoms with E-state index in [9.17, 15) is 4.79 Å². The van der Waals surface area contributed by atoms with Crippen molar-refractivity contribution in [2.24, 2.45) is 0 Å². The number of carbonyl (C=O) groups is 1. The third kappa shape index (κ3) is 4.18. The van der Waals surface area contributed by atoms with Gasteiger partial charge in [-0.3, -0.25) is 4.98 Å². The Hall–Kier alpha value is -2.63. The van der Waals surface area contributed by atoms with Crippen molar-refractivity contribution in [2.75, 3.05) is 23.7 Å². The first-order valence-electron chi connectivity index (χ1n) is 7.87. The number of urea groups is 1. The summed E-state index contributed by atoms with van der Waals surface area (Å²) in [5.41, 5.74) is 1.78. The third-order valence-corrected chi connectivity index (χ3v) is 3.95. The van der Waals surface area contributed by atoms with Gasteiger partial charge in [-0.2, -0.15) is 0 Å². The van der Waals surface area contributed by atoms with Gasteiger partial charge in [-0.05, 0) is 44.0 Å². The maximum Gasteiger partial charge on any atom is 0.321 e. The first-order chi connectivity index (χ1) is 11.2. The first-order valence-corrected chi connectivity index (χ1v) is 7.87. The molecule has 0 aromatic carbocycles. The number of nitrogens with one attached hydrogen (secondary N) is 2. The highest BCUT2D eigenvalue weighted by Gasteiger charge is 2.22. The average Bonchev–Trinajstić information content (AvgIpc) is 2.56. The predicted octanol–water partition coefficient (Wildman–Crippen LogP) is 2.89. The molecule has 0 unspecified atom stereocenters. The quantitative estimate of drug-likeness (QED) is 0.914. The van der Waals surface area contributed by atoms with Gasteiger partial charge in [0.15, 0.2) is 0 Å². The van der Waals surface area contributed by atoms with Gasteiger partial charge in [-0.25, -0.2) is 9.78 Å². The lowest BCUT2D eigenvalue weighted by Gasteiger charge is -2.32. The van der Waals surface area contributed by atoms with E-state index in [2.05, 4.69) is 20.6 Å². The molecule has 0 aliphatic carbocycles. The Balaban J connectivity index is 1.49. The average molecular weight is 311 g/mol. The molecular weight excluding hydrogens is 290 g/mol. The molecule has 23 heavy (non-hydrogen) atoms. The Kier molecular flexibility index (Phi) is 4.71. The highest BCUT2D eigenvalue weighted by molar-refractivity contribution is 5.89. The summed E-state index contributed by atoms with van der Waals surface area (Å²) in [4.78, 5) is 22.5. The lowest BCUT2D eigenvalue weighted by atomic mass is 10.1. The molecule has 0 spiro atoms. The zero-order valence-electron chi connectivity index (χ0n) is 13.2. The van der Waals surface area contributed by atoms with Crippen molar-refractivity contribution in [3.05, 3.63) is 48.4 Å². The Bertz CT molecular complexity index is 653. The smallest absolute Gasteiger partial charge is 0.321 e. The summed E-state index contributed by atoms with van der Waals surface area (Å²) in [6.07, 6.45) is 5.17. The van der Waals surface area contributed by atoms with Crippen molar-refractivity contribution in [2.45, 2.75) is 25.8 Å². The van der Waals surface area contributed by atoms with Gasteiger partial charge in [0.1, 0.15) is 5.82 Å². The second-order valence-electron chi connectivity index (χ2n) is 5.74. The van der Waals surface area contributed by atoms with Gasteiger partial charge in [0.25, 0.3) is 0 Å². The predicted molar refractivity (Wildman–Crippen MR) is 90.4 cm³/mol. The van der Waals surface area contributed by atoms with Crippen LogP contribution in [0.5, 0.6) is 0 Å². The zero-order valence-corrected chi connectivity index (χ0v) is 13.2. The van der Waals surface area contributed by atoms with Crippen LogP contribution in [0.3, 0.4) is 0 Å². The molecule has 0 bridgehead atoms. The van der Waals surface area contributed by atoms with Crippen molar-refractivity contribution in [3.8, 4) is 0 Å². The molecule has 6 heteroatoms. The van der Waals surface area contributed by atoms with Crippen LogP contribution in [0.25, 0.3) is 0 Å². The molecule has 2 aromatic rings. The van der Waals surface area contributed by atoms with E-state index >= 15 is 0 Å². The molecule has 3 rings (SSSR count). The summed E-state index contributed by atoms with van der Waals surface area (Å²) in [6.45, 7) is 3.46. The van der Waals surface area contributed by atoms with E-state index in [1.165, 1.54) is 0 Å². The number of aryl methyl sites for hydroxylation is 1. The number of rotatable bonds is 3. The fourth-order valence-electron chi connectivity index (χ4n) is 2.70. The van der Waals surface area contributed by atoms with E-state index in [1.54, 1.807) is 24.5 Å². The minimum absolute atomic E-state index is 0.0525. The number of amides is 2. The molecule has 1 saturated heterocycles. The molecule has 1 aliphatic rings. The van der Waals surface area contributed by atoms with Crippen LogP contribution in [0.2, 0.25) is 0 Å². The second-order valence-corrected chi connectivity index (χ2v) is 5.74. The van der Waals surface area contributed by atoms with Crippen molar-refractivity contribution in [3.63, 3.8) is 0 Å². The van der Waals surface area contributed by atoms with Crippen molar-refractivity contribution >= 4 is 17.5 Å². The van der Waals surface area contributed by atoms with Crippen LogP contribution in [0, 0.1) is 6.92 Å². The lowest BCUT2D eigenvalue weighted by Crippen LogP contribution is -2.44. The van der Waals surface area contributed by atoms with Crippen LogP contribution in [0.1, 0.15) is 18.5 Å². The fourth-order valence-corrected chi connectivity index (χ4v) is 2.70. The van der Waals surface area contributed by atoms with Gasteiger partial charge in [0.05, 0.1) is 0 Å². The van der Waals surface area contributed by atoms with Crippen LogP contribution >= 0.6 is 0 Å². The maximum absolute atomic E-state index is 12.2. The molecular formula is C17H21N5O. The van der Waals surface area contributed by atoms with Crippen molar-refractivity contribution in [1.29, 1.82) is 0 Å². The number of likely N-dealkylation sites (tertiary alicyclic amines) is 1. The summed E-state index contributed by atoms with van der Waals surface area (Å²) in [5, 5.41) is 6.35. The summed E-state index contributed by atoms with van der Waals surface area (Å²) >= 11 is 0. The fraction of sp³-hybridized carbons (Fsp3) is 0.353. The highest BCUT2D eigenvalue weighted by Crippen LogP contribution is 2.16. The molecule has 6 nitrogen and oxygen atoms in total. The van der Waals surface area contributed by atoms with E-state index in [4.69, 9.17) is 0 Å². The maximum atomic E-state index is 12.2. The Morgan fingerprint density at radius 3 is 2.61 bits per heavy atom. The van der Waals surface area contributed by atoms with Crippen molar-refractivity contribution < 1.29 is 4.79 Å². The van der Waals surface area contributed by atoms with E-state index < -0.39 is 0 Å². The monoisotopic (exact) mass is 311 g/mol. The van der Waals surface area contributed by atoms with Crippen LogP contribution in [-0.2, 0) is 0 Å². The summed E-state index contributed by atoms with van der Waals surface area (Å²) < 4.78 is 0. The van der Waals surface area contributed by atoms with E-state index in [-0.39, 0.29) is 6.03 Å². The topological polar surface area (TPSA) is 70.2 Å². The van der Waals surface area contributed by atoms with Crippen LogP contribution in [-0.4, -0.2) is 40.0 Å². The number of pyridine rings is 2. The standard InChI is InChI=1S/C17H21N5O/c1-13-3-2-4-16(19-13)20-15-7-11-22(12-8-15)17(23)21-14-5-9-18-10-6-14/h2-6,9-10,15H,7-8,11-12H2,1H3,(H,19,20)(H,18,21,23). The molecule has 3 heterocycles. The molecule has 1 fully saturated rings. The van der Waals surface area contributed by atoms with E-state index in [1.807, 2.05) is 30.0 Å². The molecule has 1 aliphatic heterocycles. The number of hydrogen-bond acceptors (Lipinski definition) is 4. The largest absolute Gasteiger partial charge is 0.367 e. The molecule has 120 valence electrons. The number of carbonyl (C=O) groups excluding carboxylic acids is 1. The van der Waals surface area contributed by atoms with Crippen LogP contribution in [0.4, 0.5) is 16.3 Å². The number of hydrogen-bond donors (Lipinski definition) is 2. The van der Waals surface area contributed by atoms with Crippen LogP contribution in [0.15, 0.2) is 42.7 Å². The third-order valence-electron chi connectivity index (χ3n) is 3.95. The van der Waals surface area contributed by atoms with Gasteiger partial charge in [-0.15, -0.1) is 0 Å². The zero-order chi connectivity index (χ0) is 16.1. The molecule has 2 amide bonds. The number of aromatic nitrogens is 2. The van der Waals surface area contributed by atoms with Gasteiger partial charge in [0, 0.05) is 42.9 Å². The van der Waals surface area contributed by atoms with Crippen LogP contribution < -0.4 is 10.6 Å². The second kappa shape index (κ2) is 7.09. The Labute approximate surface area is 135 Å². The molecule has 2 aromatic heterocycles. The minimum atomic E-state index is -0.0525. The SMILES string of the molecule is Cc1cccc(NC2CCN(C(=O)Nc3ccncc3)CC2)n1. The van der Waals surface area contributed by atoms with Gasteiger partial charge in [0.2, 0.25) is 0 Å². The molecule has 0 radical (unpaired) electrons. The summed E-state index contributed by atoms with van der Waals surface area (Å²) in [5.74, 6) is 0.907. The lowest BCUT2D eigenvalue weighted by molar-refractivity contribution is 0.197. The number of anilines is 2. The van der Waals surface area contributed by atoms with E-state index in [0.717, 1.165) is 43.1 Å². The normalized spacial score (nSPS) is 15.3. The number of nitrogens with zero attached hydrogens (tertiary/aromatic N) is 3. The molecule has 0 saturated carbocycles. The molecule has 2 N–H and O–H groups in total. The highest BCUT2D eigenvalue weighted by atomic mass is 16.2. The van der Waals surface area contributed by atoms with Gasteiger partial charge >= 0.3 is 6.03 Å². The summed E-state index contributed by atoms with van der Waals surface area (Å²) in [6, 6.07) is 9.84. The summed E-state index contributed by atoms with van der Waals surface area (Å²) in [7, 11) is 0.